The van der Waals surface area contributed by atoms with Crippen LogP contribution in [0.15, 0.2) is 60.8 Å². The third-order valence-electron chi connectivity index (χ3n) is 6.25. The lowest BCUT2D eigenvalue weighted by atomic mass is 9.98. The van der Waals surface area contributed by atoms with E-state index in [-0.39, 0.29) is 18.4 Å². The summed E-state index contributed by atoms with van der Waals surface area (Å²) in [6.07, 6.45) is 0.708. The van der Waals surface area contributed by atoms with Gasteiger partial charge in [0, 0.05) is 19.2 Å². The Morgan fingerprint density at radius 2 is 1.60 bits per heavy atom. The number of carboxylic acid groups (broad SMARTS) is 1. The number of carboxylic acids is 1. The first-order chi connectivity index (χ1) is 16.8. The molecule has 182 valence electrons. The predicted octanol–water partition coefficient (Wildman–Crippen LogP) is 3.23. The number of amides is 2. The molecule has 0 saturated carbocycles. The number of alkyl carbamates (subject to hydrolysis) is 1. The molecule has 0 radical (unpaired) electrons. The normalized spacial score (nSPS) is 14.1. The number of nitrogens with zero attached hydrogens (tertiary/aromatic N) is 2. The van der Waals surface area contributed by atoms with Gasteiger partial charge in [0.05, 0.1) is 5.69 Å². The number of aryl methyl sites for hydroxylation is 1. The second-order valence-corrected chi connectivity index (χ2v) is 8.85. The summed E-state index contributed by atoms with van der Waals surface area (Å²) in [5.74, 6) is -2.27. The quantitative estimate of drug-likeness (QED) is 0.459. The zero-order chi connectivity index (χ0) is 25.1. The van der Waals surface area contributed by atoms with Crippen molar-refractivity contribution in [1.29, 1.82) is 0 Å². The molecule has 3 aromatic rings. The number of rotatable bonds is 8. The lowest BCUT2D eigenvalue weighted by Gasteiger charge is -2.24. The van der Waals surface area contributed by atoms with Gasteiger partial charge in [-0.15, -0.1) is 0 Å². The Bertz CT molecular complexity index is 1210. The zero-order valence-corrected chi connectivity index (χ0v) is 19.8. The summed E-state index contributed by atoms with van der Waals surface area (Å²) < 4.78 is 6.93. The van der Waals surface area contributed by atoms with Crippen molar-refractivity contribution in [3.05, 3.63) is 77.6 Å². The number of aromatic nitrogens is 2. The SMILES string of the molecule is CC(C)[C@@H](NC(=O)OCC1c2ccccc2-c2ccccc21)C(=O)NC(C(=O)O)c1ccnn1C. The first kappa shape index (κ1) is 24.0. The van der Waals surface area contributed by atoms with E-state index in [1.54, 1.807) is 20.9 Å². The number of hydrogen-bond donors (Lipinski definition) is 3. The first-order valence-electron chi connectivity index (χ1n) is 11.4. The highest BCUT2D eigenvalue weighted by Gasteiger charge is 2.32. The van der Waals surface area contributed by atoms with Crippen molar-refractivity contribution in [1.82, 2.24) is 20.4 Å². The summed E-state index contributed by atoms with van der Waals surface area (Å²) in [7, 11) is 1.59. The highest BCUT2D eigenvalue weighted by atomic mass is 16.5. The van der Waals surface area contributed by atoms with E-state index in [1.165, 1.54) is 16.9 Å². The maximum atomic E-state index is 13.0. The molecule has 3 N–H and O–H groups in total. The zero-order valence-electron chi connectivity index (χ0n) is 19.8. The number of carbonyl (C=O) groups is 3. The van der Waals surface area contributed by atoms with E-state index in [0.717, 1.165) is 22.3 Å². The van der Waals surface area contributed by atoms with Gasteiger partial charge >= 0.3 is 12.1 Å². The van der Waals surface area contributed by atoms with E-state index in [1.807, 2.05) is 36.4 Å². The largest absolute Gasteiger partial charge is 0.479 e. The van der Waals surface area contributed by atoms with Crippen LogP contribution in [0.4, 0.5) is 4.79 Å². The van der Waals surface area contributed by atoms with E-state index < -0.39 is 30.1 Å². The van der Waals surface area contributed by atoms with Crippen LogP contribution in [0.3, 0.4) is 0 Å². The monoisotopic (exact) mass is 476 g/mol. The summed E-state index contributed by atoms with van der Waals surface area (Å²) >= 11 is 0. The highest BCUT2D eigenvalue weighted by molar-refractivity contribution is 5.89. The molecule has 0 bridgehead atoms. The van der Waals surface area contributed by atoms with Gasteiger partial charge in [0.2, 0.25) is 5.91 Å². The van der Waals surface area contributed by atoms with Crippen molar-refractivity contribution >= 4 is 18.0 Å². The van der Waals surface area contributed by atoms with Crippen molar-refractivity contribution in [3.8, 4) is 11.1 Å². The van der Waals surface area contributed by atoms with Gasteiger partial charge in [0.25, 0.3) is 0 Å². The van der Waals surface area contributed by atoms with Gasteiger partial charge < -0.3 is 20.5 Å². The molecule has 0 fully saturated rings. The summed E-state index contributed by atoms with van der Waals surface area (Å²) in [6, 6.07) is 15.2. The van der Waals surface area contributed by atoms with Crippen LogP contribution in [0.5, 0.6) is 0 Å². The molecule has 1 aliphatic rings. The molecule has 9 heteroatoms. The minimum Gasteiger partial charge on any atom is -0.479 e. The Hall–Kier alpha value is -4.14. The fourth-order valence-corrected chi connectivity index (χ4v) is 4.46. The fraction of sp³-hybridized carbons (Fsp3) is 0.308. The molecule has 1 aromatic heterocycles. The number of nitrogens with one attached hydrogen (secondary N) is 2. The van der Waals surface area contributed by atoms with Crippen LogP contribution in [0.2, 0.25) is 0 Å². The van der Waals surface area contributed by atoms with E-state index in [9.17, 15) is 19.5 Å². The first-order valence-corrected chi connectivity index (χ1v) is 11.4. The molecular weight excluding hydrogens is 448 g/mol. The Kier molecular flexibility index (Phi) is 6.86. The van der Waals surface area contributed by atoms with Crippen LogP contribution in [-0.4, -0.2) is 45.5 Å². The lowest BCUT2D eigenvalue weighted by Crippen LogP contribution is -2.51. The van der Waals surface area contributed by atoms with Crippen molar-refractivity contribution in [2.75, 3.05) is 6.61 Å². The second-order valence-electron chi connectivity index (χ2n) is 8.85. The Labute approximate surface area is 203 Å². The summed E-state index contributed by atoms with van der Waals surface area (Å²) in [5.41, 5.74) is 4.72. The van der Waals surface area contributed by atoms with E-state index in [0.29, 0.717) is 5.69 Å². The number of ether oxygens (including phenoxy) is 1. The third kappa shape index (κ3) is 4.89. The number of fused-ring (bicyclic) bond motifs is 3. The Balaban J connectivity index is 1.43. The maximum Gasteiger partial charge on any atom is 0.407 e. The van der Waals surface area contributed by atoms with Crippen molar-refractivity contribution in [2.45, 2.75) is 31.8 Å². The minimum absolute atomic E-state index is 0.110. The number of carbonyl (C=O) groups excluding carboxylic acids is 2. The molecule has 2 atom stereocenters. The van der Waals surface area contributed by atoms with Gasteiger partial charge in [-0.05, 0) is 34.2 Å². The van der Waals surface area contributed by atoms with Crippen LogP contribution in [0, 0.1) is 5.92 Å². The molecule has 35 heavy (non-hydrogen) atoms. The summed E-state index contributed by atoms with van der Waals surface area (Å²) in [5, 5.41) is 18.7. The maximum absolute atomic E-state index is 13.0. The van der Waals surface area contributed by atoms with Gasteiger partial charge in [-0.1, -0.05) is 62.4 Å². The average Bonchev–Trinajstić information content (AvgIpc) is 3.40. The van der Waals surface area contributed by atoms with Crippen molar-refractivity contribution < 1.29 is 24.2 Å². The number of aliphatic carboxylic acids is 1. The van der Waals surface area contributed by atoms with Crippen LogP contribution in [0.1, 0.15) is 42.6 Å². The number of benzene rings is 2. The van der Waals surface area contributed by atoms with Crippen LogP contribution in [-0.2, 0) is 21.4 Å². The van der Waals surface area contributed by atoms with E-state index in [2.05, 4.69) is 27.9 Å². The van der Waals surface area contributed by atoms with E-state index in [4.69, 9.17) is 4.74 Å². The van der Waals surface area contributed by atoms with Gasteiger partial charge in [-0.3, -0.25) is 9.48 Å². The van der Waals surface area contributed by atoms with Gasteiger partial charge in [0.1, 0.15) is 12.6 Å². The Morgan fingerprint density at radius 3 is 2.11 bits per heavy atom. The highest BCUT2D eigenvalue weighted by Crippen LogP contribution is 2.44. The second kappa shape index (κ2) is 10.0. The molecule has 2 aromatic carbocycles. The van der Waals surface area contributed by atoms with Crippen LogP contribution >= 0.6 is 0 Å². The minimum atomic E-state index is -1.31. The Morgan fingerprint density at radius 1 is 1.00 bits per heavy atom. The number of hydrogen-bond acceptors (Lipinski definition) is 5. The third-order valence-corrected chi connectivity index (χ3v) is 6.25. The van der Waals surface area contributed by atoms with Gasteiger partial charge in [-0.2, -0.15) is 5.10 Å². The standard InChI is InChI=1S/C26H28N4O5/c1-15(2)22(24(31)28-23(25(32)33)21-12-13-27-30(21)3)29-26(34)35-14-20-18-10-6-4-8-16(18)17-9-5-7-11-19(17)20/h4-13,15,20,22-23H,14H2,1-3H3,(H,28,31)(H,29,34)(H,32,33)/t22-,23?/m1/s1. The van der Waals surface area contributed by atoms with E-state index >= 15 is 0 Å². The molecular formula is C26H28N4O5. The molecule has 0 aliphatic heterocycles. The van der Waals surface area contributed by atoms with Crippen LogP contribution in [0.25, 0.3) is 11.1 Å². The summed E-state index contributed by atoms with van der Waals surface area (Å²) in [4.78, 5) is 37.4. The molecule has 0 spiro atoms. The topological polar surface area (TPSA) is 123 Å². The molecule has 1 aliphatic carbocycles. The molecule has 0 saturated heterocycles. The molecule has 9 nitrogen and oxygen atoms in total. The fourth-order valence-electron chi connectivity index (χ4n) is 4.46. The molecule has 2 amide bonds. The lowest BCUT2D eigenvalue weighted by molar-refractivity contribution is -0.142. The predicted molar refractivity (Wildman–Crippen MR) is 129 cm³/mol. The summed E-state index contributed by atoms with van der Waals surface area (Å²) in [6.45, 7) is 3.63. The average molecular weight is 477 g/mol. The molecule has 1 heterocycles. The van der Waals surface area contributed by atoms with Crippen molar-refractivity contribution in [3.63, 3.8) is 0 Å². The van der Waals surface area contributed by atoms with Gasteiger partial charge in [0.15, 0.2) is 6.04 Å². The molecule has 1 unspecified atom stereocenters. The van der Waals surface area contributed by atoms with Crippen molar-refractivity contribution in [2.24, 2.45) is 13.0 Å². The molecule has 4 rings (SSSR count). The van der Waals surface area contributed by atoms with Crippen LogP contribution < -0.4 is 10.6 Å². The van der Waals surface area contributed by atoms with Gasteiger partial charge in [-0.25, -0.2) is 9.59 Å². The smallest absolute Gasteiger partial charge is 0.407 e.